The summed E-state index contributed by atoms with van der Waals surface area (Å²) in [6.07, 6.45) is 0.519. The summed E-state index contributed by atoms with van der Waals surface area (Å²) in [5, 5.41) is 0. The Morgan fingerprint density at radius 1 is 1.41 bits per heavy atom. The monoisotopic (exact) mass is 321 g/mol. The lowest BCUT2D eigenvalue weighted by Crippen LogP contribution is -2.11. The SMILES string of the molecule is COCCCS(=O)(=O)Cc1ccc(Br)c(N)c1. The van der Waals surface area contributed by atoms with Crippen molar-refractivity contribution < 1.29 is 13.2 Å². The average Bonchev–Trinajstić information content (AvgIpc) is 2.23. The third-order valence-electron chi connectivity index (χ3n) is 2.25. The van der Waals surface area contributed by atoms with Crippen LogP contribution in [0.4, 0.5) is 5.69 Å². The third kappa shape index (κ3) is 5.06. The van der Waals surface area contributed by atoms with Crippen LogP contribution in [-0.2, 0) is 20.3 Å². The first-order valence-corrected chi connectivity index (χ1v) is 7.79. The highest BCUT2D eigenvalue weighted by atomic mass is 79.9. The van der Waals surface area contributed by atoms with Gasteiger partial charge in [0.25, 0.3) is 0 Å². The van der Waals surface area contributed by atoms with E-state index in [0.717, 1.165) is 4.47 Å². The van der Waals surface area contributed by atoms with Gasteiger partial charge in [-0.1, -0.05) is 6.07 Å². The van der Waals surface area contributed by atoms with Crippen molar-refractivity contribution in [2.24, 2.45) is 0 Å². The highest BCUT2D eigenvalue weighted by molar-refractivity contribution is 9.10. The van der Waals surface area contributed by atoms with E-state index < -0.39 is 9.84 Å². The Bertz CT molecular complexity index is 474. The van der Waals surface area contributed by atoms with Gasteiger partial charge in [0, 0.05) is 23.9 Å². The number of anilines is 1. The minimum Gasteiger partial charge on any atom is -0.398 e. The van der Waals surface area contributed by atoms with Crippen LogP contribution in [0.15, 0.2) is 22.7 Å². The van der Waals surface area contributed by atoms with Crippen LogP contribution < -0.4 is 5.73 Å². The maximum Gasteiger partial charge on any atom is 0.154 e. The summed E-state index contributed by atoms with van der Waals surface area (Å²) < 4.78 is 29.1. The van der Waals surface area contributed by atoms with Gasteiger partial charge >= 0.3 is 0 Å². The topological polar surface area (TPSA) is 69.4 Å². The molecule has 0 atom stereocenters. The number of sulfone groups is 1. The van der Waals surface area contributed by atoms with E-state index in [4.69, 9.17) is 10.5 Å². The van der Waals surface area contributed by atoms with Gasteiger partial charge in [0.05, 0.1) is 11.5 Å². The zero-order chi connectivity index (χ0) is 12.9. The van der Waals surface area contributed by atoms with Crippen molar-refractivity contribution in [1.29, 1.82) is 0 Å². The zero-order valence-corrected chi connectivity index (χ0v) is 12.1. The molecule has 0 aliphatic heterocycles. The van der Waals surface area contributed by atoms with Crippen molar-refractivity contribution in [3.8, 4) is 0 Å². The van der Waals surface area contributed by atoms with E-state index in [-0.39, 0.29) is 11.5 Å². The molecule has 0 unspecified atom stereocenters. The number of nitrogens with two attached hydrogens (primary N) is 1. The highest BCUT2D eigenvalue weighted by Crippen LogP contribution is 2.21. The molecule has 0 aliphatic carbocycles. The molecule has 1 rings (SSSR count). The molecule has 0 heterocycles. The van der Waals surface area contributed by atoms with Crippen molar-refractivity contribution in [3.05, 3.63) is 28.2 Å². The average molecular weight is 322 g/mol. The Balaban J connectivity index is 2.66. The van der Waals surface area contributed by atoms with Gasteiger partial charge in [-0.2, -0.15) is 0 Å². The summed E-state index contributed by atoms with van der Waals surface area (Å²) in [7, 11) is -1.53. The molecule has 0 fully saturated rings. The summed E-state index contributed by atoms with van der Waals surface area (Å²) in [6, 6.07) is 5.20. The van der Waals surface area contributed by atoms with E-state index >= 15 is 0 Å². The van der Waals surface area contributed by atoms with Crippen LogP contribution in [0.5, 0.6) is 0 Å². The fourth-order valence-electron chi connectivity index (χ4n) is 1.43. The van der Waals surface area contributed by atoms with Gasteiger partial charge in [0.2, 0.25) is 0 Å². The molecule has 0 spiro atoms. The van der Waals surface area contributed by atoms with Crippen molar-refractivity contribution in [2.45, 2.75) is 12.2 Å². The zero-order valence-electron chi connectivity index (χ0n) is 9.65. The predicted molar refractivity (Wildman–Crippen MR) is 72.5 cm³/mol. The minimum absolute atomic E-state index is 0.0220. The molecule has 4 nitrogen and oxygen atoms in total. The summed E-state index contributed by atoms with van der Waals surface area (Å²) in [4.78, 5) is 0. The fraction of sp³-hybridized carbons (Fsp3) is 0.455. The first-order valence-electron chi connectivity index (χ1n) is 5.18. The molecule has 2 N–H and O–H groups in total. The second-order valence-electron chi connectivity index (χ2n) is 3.79. The fourth-order valence-corrected chi connectivity index (χ4v) is 3.07. The number of rotatable bonds is 6. The van der Waals surface area contributed by atoms with E-state index in [1.807, 2.05) is 0 Å². The Morgan fingerprint density at radius 3 is 2.71 bits per heavy atom. The Kier molecular flexibility index (Phi) is 5.42. The Hall–Kier alpha value is -0.590. The van der Waals surface area contributed by atoms with Gasteiger partial charge in [-0.05, 0) is 40.0 Å². The Morgan fingerprint density at radius 2 is 2.12 bits per heavy atom. The minimum atomic E-state index is -3.09. The van der Waals surface area contributed by atoms with Gasteiger partial charge in [0.15, 0.2) is 9.84 Å². The number of halogens is 1. The molecule has 0 saturated heterocycles. The number of nitrogen functional groups attached to an aromatic ring is 1. The number of hydrogen-bond donors (Lipinski definition) is 1. The standard InChI is InChI=1S/C11H16BrNO3S/c1-16-5-2-6-17(14,15)8-9-3-4-10(12)11(13)7-9/h3-4,7H,2,5-6,8,13H2,1H3. The third-order valence-corrected chi connectivity index (χ3v) is 4.66. The van der Waals surface area contributed by atoms with E-state index in [1.54, 1.807) is 25.3 Å². The van der Waals surface area contributed by atoms with E-state index in [0.29, 0.717) is 24.3 Å². The van der Waals surface area contributed by atoms with Gasteiger partial charge < -0.3 is 10.5 Å². The lowest BCUT2D eigenvalue weighted by atomic mass is 10.2. The largest absolute Gasteiger partial charge is 0.398 e. The maximum absolute atomic E-state index is 11.8. The molecule has 1 aromatic rings. The van der Waals surface area contributed by atoms with Crippen molar-refractivity contribution in [3.63, 3.8) is 0 Å². The molecule has 0 saturated carbocycles. The second-order valence-corrected chi connectivity index (χ2v) is 6.83. The van der Waals surface area contributed by atoms with Crippen molar-refractivity contribution >= 4 is 31.5 Å². The molecular weight excluding hydrogens is 306 g/mol. The smallest absolute Gasteiger partial charge is 0.154 e. The molecule has 1 aromatic carbocycles. The van der Waals surface area contributed by atoms with Crippen LogP contribution in [0.3, 0.4) is 0 Å². The normalized spacial score (nSPS) is 11.6. The van der Waals surface area contributed by atoms with Gasteiger partial charge in [-0.15, -0.1) is 0 Å². The number of ether oxygens (including phenoxy) is 1. The summed E-state index contributed by atoms with van der Waals surface area (Å²) in [5.41, 5.74) is 6.96. The summed E-state index contributed by atoms with van der Waals surface area (Å²) >= 11 is 3.27. The predicted octanol–water partition coefficient (Wildman–Crippen LogP) is 1.98. The maximum atomic E-state index is 11.8. The molecule has 0 aromatic heterocycles. The van der Waals surface area contributed by atoms with Crippen molar-refractivity contribution in [1.82, 2.24) is 0 Å². The highest BCUT2D eigenvalue weighted by Gasteiger charge is 2.12. The number of hydrogen-bond acceptors (Lipinski definition) is 4. The lowest BCUT2D eigenvalue weighted by Gasteiger charge is -2.06. The van der Waals surface area contributed by atoms with Gasteiger partial charge in [-0.3, -0.25) is 0 Å². The van der Waals surface area contributed by atoms with Gasteiger partial charge in [-0.25, -0.2) is 8.42 Å². The first-order chi connectivity index (χ1) is 7.94. The molecule has 6 heteroatoms. The van der Waals surface area contributed by atoms with E-state index in [9.17, 15) is 8.42 Å². The Labute approximate surface area is 110 Å². The molecule has 0 bridgehead atoms. The van der Waals surface area contributed by atoms with Crippen LogP contribution in [0.1, 0.15) is 12.0 Å². The number of benzene rings is 1. The van der Waals surface area contributed by atoms with Gasteiger partial charge in [0.1, 0.15) is 0 Å². The molecular formula is C11H16BrNO3S. The molecule has 0 radical (unpaired) electrons. The molecule has 17 heavy (non-hydrogen) atoms. The molecule has 0 amide bonds. The van der Waals surface area contributed by atoms with Crippen LogP contribution >= 0.6 is 15.9 Å². The van der Waals surface area contributed by atoms with Crippen LogP contribution in [0, 0.1) is 0 Å². The van der Waals surface area contributed by atoms with Crippen molar-refractivity contribution in [2.75, 3.05) is 25.2 Å². The molecule has 96 valence electrons. The first kappa shape index (κ1) is 14.5. The van der Waals surface area contributed by atoms with Crippen LogP contribution in [-0.4, -0.2) is 27.9 Å². The van der Waals surface area contributed by atoms with E-state index in [1.165, 1.54) is 0 Å². The quantitative estimate of drug-likeness (QED) is 0.642. The summed E-state index contributed by atoms with van der Waals surface area (Å²) in [5.74, 6) is 0.158. The summed E-state index contributed by atoms with van der Waals surface area (Å²) in [6.45, 7) is 0.460. The van der Waals surface area contributed by atoms with Crippen LogP contribution in [0.2, 0.25) is 0 Å². The molecule has 0 aliphatic rings. The second kappa shape index (κ2) is 6.37. The van der Waals surface area contributed by atoms with Crippen LogP contribution in [0.25, 0.3) is 0 Å². The van der Waals surface area contributed by atoms with E-state index in [2.05, 4.69) is 15.9 Å². The lowest BCUT2D eigenvalue weighted by molar-refractivity contribution is 0.199. The number of methoxy groups -OCH3 is 1.